The minimum absolute atomic E-state index is 0.0164. The van der Waals surface area contributed by atoms with E-state index in [4.69, 9.17) is 0 Å². The molecule has 0 fully saturated rings. The van der Waals surface area contributed by atoms with Gasteiger partial charge in [-0.1, -0.05) is 54.6 Å². The number of H-pyrrole nitrogens is 1. The maximum Gasteiger partial charge on any atom is 0.263 e. The Balaban J connectivity index is 1.46. The van der Waals surface area contributed by atoms with Crippen LogP contribution in [0.2, 0.25) is 0 Å². The lowest BCUT2D eigenvalue weighted by molar-refractivity contribution is -0.119. The van der Waals surface area contributed by atoms with E-state index in [0.29, 0.717) is 16.5 Å². The van der Waals surface area contributed by atoms with Gasteiger partial charge < -0.3 is 10.3 Å². The maximum absolute atomic E-state index is 12.6. The van der Waals surface area contributed by atoms with Crippen LogP contribution in [0.1, 0.15) is 35.8 Å². The standard InChI is InChI=1S/C25H22N4O3S/c1-15(26-16(2)30)17-8-10-19(11-9-17)22-14-33-25(28-22)29-24(32)20-12-13-21(27-23(20)31)18-6-4-3-5-7-18/h3-15H,1-2H3,(H,26,30)(H,27,31)(H,28,29,32)/t15-/m0/s1. The molecule has 0 bridgehead atoms. The van der Waals surface area contributed by atoms with Crippen molar-refractivity contribution in [3.8, 4) is 22.5 Å². The van der Waals surface area contributed by atoms with Crippen molar-refractivity contribution in [3.05, 3.63) is 93.6 Å². The number of pyridine rings is 1. The SMILES string of the molecule is CC(=O)N[C@@H](C)c1ccc(-c2csc(NC(=O)c3ccc(-c4ccccc4)[nH]c3=O)n2)cc1. The Labute approximate surface area is 194 Å². The number of thiazole rings is 1. The number of nitrogens with zero attached hydrogens (tertiary/aromatic N) is 1. The van der Waals surface area contributed by atoms with E-state index < -0.39 is 11.5 Å². The van der Waals surface area contributed by atoms with E-state index >= 15 is 0 Å². The van der Waals surface area contributed by atoms with Gasteiger partial charge in [-0.2, -0.15) is 0 Å². The highest BCUT2D eigenvalue weighted by Gasteiger charge is 2.14. The van der Waals surface area contributed by atoms with Crippen LogP contribution in [-0.4, -0.2) is 21.8 Å². The number of carbonyl (C=O) groups excluding carboxylic acids is 2. The summed E-state index contributed by atoms with van der Waals surface area (Å²) in [6, 6.07) is 20.3. The summed E-state index contributed by atoms with van der Waals surface area (Å²) in [7, 11) is 0. The highest BCUT2D eigenvalue weighted by molar-refractivity contribution is 7.14. The lowest BCUT2D eigenvalue weighted by Crippen LogP contribution is -2.23. The molecule has 0 radical (unpaired) electrons. The van der Waals surface area contributed by atoms with E-state index in [9.17, 15) is 14.4 Å². The number of amides is 2. The minimum Gasteiger partial charge on any atom is -0.350 e. The number of nitrogens with one attached hydrogen (secondary N) is 3. The lowest BCUT2D eigenvalue weighted by Gasteiger charge is -2.13. The summed E-state index contributed by atoms with van der Waals surface area (Å²) in [6.07, 6.45) is 0. The van der Waals surface area contributed by atoms with Crippen molar-refractivity contribution >= 4 is 28.3 Å². The van der Waals surface area contributed by atoms with Crippen molar-refractivity contribution in [1.82, 2.24) is 15.3 Å². The summed E-state index contributed by atoms with van der Waals surface area (Å²) in [5, 5.41) is 7.79. The molecule has 0 aliphatic heterocycles. The van der Waals surface area contributed by atoms with Crippen molar-refractivity contribution in [2.45, 2.75) is 19.9 Å². The fraction of sp³-hybridized carbons (Fsp3) is 0.120. The van der Waals surface area contributed by atoms with Gasteiger partial charge in [-0.3, -0.25) is 19.7 Å². The molecule has 0 saturated carbocycles. The molecule has 2 aromatic heterocycles. The number of carbonyl (C=O) groups is 2. The van der Waals surface area contributed by atoms with E-state index in [2.05, 4.69) is 20.6 Å². The number of aromatic nitrogens is 2. The first kappa shape index (κ1) is 22.2. The average Bonchev–Trinajstić information content (AvgIpc) is 3.27. The molecule has 4 rings (SSSR count). The number of aromatic amines is 1. The Morgan fingerprint density at radius 3 is 2.36 bits per heavy atom. The number of benzene rings is 2. The molecule has 33 heavy (non-hydrogen) atoms. The third kappa shape index (κ3) is 5.24. The molecule has 7 nitrogen and oxygen atoms in total. The van der Waals surface area contributed by atoms with Gasteiger partial charge in [-0.15, -0.1) is 11.3 Å². The Hall–Kier alpha value is -4.04. The Morgan fingerprint density at radius 1 is 0.970 bits per heavy atom. The number of hydrogen-bond acceptors (Lipinski definition) is 5. The molecule has 2 amide bonds. The van der Waals surface area contributed by atoms with Crippen LogP contribution in [0.4, 0.5) is 5.13 Å². The van der Waals surface area contributed by atoms with Crippen molar-refractivity contribution in [2.75, 3.05) is 5.32 Å². The normalized spacial score (nSPS) is 11.6. The van der Waals surface area contributed by atoms with E-state index in [1.165, 1.54) is 24.3 Å². The van der Waals surface area contributed by atoms with Gasteiger partial charge in [0.05, 0.1) is 11.7 Å². The number of hydrogen-bond donors (Lipinski definition) is 3. The first-order chi connectivity index (χ1) is 15.9. The monoisotopic (exact) mass is 458 g/mol. The smallest absolute Gasteiger partial charge is 0.263 e. The van der Waals surface area contributed by atoms with Gasteiger partial charge >= 0.3 is 0 Å². The predicted octanol–water partition coefficient (Wildman–Crippen LogP) is 4.61. The van der Waals surface area contributed by atoms with Crippen LogP contribution < -0.4 is 16.2 Å². The Morgan fingerprint density at radius 2 is 1.70 bits per heavy atom. The Kier molecular flexibility index (Phi) is 6.46. The zero-order chi connectivity index (χ0) is 23.4. The molecule has 4 aromatic rings. The average molecular weight is 459 g/mol. The third-order valence-corrected chi connectivity index (χ3v) is 5.85. The first-order valence-corrected chi connectivity index (χ1v) is 11.2. The molecule has 8 heteroatoms. The van der Waals surface area contributed by atoms with Crippen molar-refractivity contribution in [2.24, 2.45) is 0 Å². The van der Waals surface area contributed by atoms with Gasteiger partial charge in [0.15, 0.2) is 5.13 Å². The van der Waals surface area contributed by atoms with Gasteiger partial charge in [0.2, 0.25) is 5.91 Å². The quantitative estimate of drug-likeness (QED) is 0.392. The fourth-order valence-corrected chi connectivity index (χ4v) is 4.11. The topological polar surface area (TPSA) is 104 Å². The second-order valence-electron chi connectivity index (χ2n) is 7.52. The molecule has 0 aliphatic rings. The van der Waals surface area contributed by atoms with Crippen LogP contribution >= 0.6 is 11.3 Å². The van der Waals surface area contributed by atoms with Gasteiger partial charge in [0.1, 0.15) is 5.56 Å². The largest absolute Gasteiger partial charge is 0.350 e. The predicted molar refractivity (Wildman–Crippen MR) is 130 cm³/mol. The van der Waals surface area contributed by atoms with E-state index in [-0.39, 0.29) is 17.5 Å². The highest BCUT2D eigenvalue weighted by atomic mass is 32.1. The van der Waals surface area contributed by atoms with Gasteiger partial charge in [-0.05, 0) is 30.2 Å². The van der Waals surface area contributed by atoms with Crippen molar-refractivity contribution in [1.29, 1.82) is 0 Å². The van der Waals surface area contributed by atoms with Crippen LogP contribution in [-0.2, 0) is 4.79 Å². The second kappa shape index (κ2) is 9.62. The number of rotatable bonds is 6. The molecule has 2 heterocycles. The van der Waals surface area contributed by atoms with Crippen molar-refractivity contribution < 1.29 is 9.59 Å². The molecule has 0 unspecified atom stereocenters. The molecular weight excluding hydrogens is 436 g/mol. The molecule has 2 aromatic carbocycles. The molecule has 0 saturated heterocycles. The fourth-order valence-electron chi connectivity index (χ4n) is 3.40. The van der Waals surface area contributed by atoms with Gasteiger partial charge in [0.25, 0.3) is 11.5 Å². The summed E-state index contributed by atoms with van der Waals surface area (Å²) in [5.41, 5.74) is 3.64. The van der Waals surface area contributed by atoms with Crippen LogP contribution in [0.3, 0.4) is 0 Å². The zero-order valence-corrected chi connectivity index (χ0v) is 18.9. The minimum atomic E-state index is -0.517. The zero-order valence-electron chi connectivity index (χ0n) is 18.1. The van der Waals surface area contributed by atoms with E-state index in [1.807, 2.05) is 66.9 Å². The van der Waals surface area contributed by atoms with Crippen LogP contribution in [0.15, 0.2) is 76.9 Å². The van der Waals surface area contributed by atoms with Gasteiger partial charge in [-0.25, -0.2) is 4.98 Å². The molecule has 0 spiro atoms. The van der Waals surface area contributed by atoms with Crippen molar-refractivity contribution in [3.63, 3.8) is 0 Å². The number of anilines is 1. The van der Waals surface area contributed by atoms with E-state index in [1.54, 1.807) is 6.07 Å². The lowest BCUT2D eigenvalue weighted by atomic mass is 10.1. The summed E-state index contributed by atoms with van der Waals surface area (Å²) >= 11 is 1.28. The molecular formula is C25H22N4O3S. The summed E-state index contributed by atoms with van der Waals surface area (Å²) in [4.78, 5) is 43.6. The molecule has 1 atom stereocenters. The molecule has 0 aliphatic carbocycles. The second-order valence-corrected chi connectivity index (χ2v) is 8.38. The third-order valence-electron chi connectivity index (χ3n) is 5.09. The van der Waals surface area contributed by atoms with Gasteiger partial charge in [0, 0.05) is 23.6 Å². The molecule has 166 valence electrons. The highest BCUT2D eigenvalue weighted by Crippen LogP contribution is 2.26. The Bertz CT molecular complexity index is 1340. The van der Waals surface area contributed by atoms with Crippen LogP contribution in [0.5, 0.6) is 0 Å². The maximum atomic E-state index is 12.6. The van der Waals surface area contributed by atoms with E-state index in [0.717, 1.165) is 16.7 Å². The van der Waals surface area contributed by atoms with Crippen LogP contribution in [0.25, 0.3) is 22.5 Å². The summed E-state index contributed by atoms with van der Waals surface area (Å²) < 4.78 is 0. The van der Waals surface area contributed by atoms with Crippen LogP contribution in [0, 0.1) is 0 Å². The molecule has 3 N–H and O–H groups in total. The summed E-state index contributed by atoms with van der Waals surface area (Å²) in [6.45, 7) is 3.41. The first-order valence-electron chi connectivity index (χ1n) is 10.3. The summed E-state index contributed by atoms with van der Waals surface area (Å²) in [5.74, 6) is -0.601.